The Labute approximate surface area is 254 Å². The molecule has 0 fully saturated rings. The first-order valence-corrected chi connectivity index (χ1v) is 19.0. The van der Waals surface area contributed by atoms with Crippen LogP contribution in [0.1, 0.15) is 213 Å². The Morgan fingerprint density at radius 1 is 0.325 bits per heavy atom. The van der Waals surface area contributed by atoms with E-state index in [9.17, 15) is 0 Å². The van der Waals surface area contributed by atoms with Crippen molar-refractivity contribution in [3.05, 3.63) is 12.4 Å². The predicted octanol–water partition coefficient (Wildman–Crippen LogP) is 13.2. The van der Waals surface area contributed by atoms with Crippen LogP contribution in [0.4, 0.5) is 0 Å². The van der Waals surface area contributed by atoms with Crippen molar-refractivity contribution in [1.82, 2.24) is 9.80 Å². The Morgan fingerprint density at radius 3 is 0.875 bits per heavy atom. The molecule has 0 spiro atoms. The first-order chi connectivity index (χ1) is 19.8. The maximum atomic E-state index is 2.71. The largest absolute Gasteiger partial charge is 0.356 e. The van der Waals surface area contributed by atoms with Gasteiger partial charge in [0.25, 0.3) is 0 Å². The molecule has 1 rings (SSSR count). The van der Waals surface area contributed by atoms with Gasteiger partial charge in [-0.1, -0.05) is 188 Å². The monoisotopic (exact) mass is 561 g/mol. The normalized spacial score (nSPS) is 15.1. The Morgan fingerprint density at radius 2 is 0.575 bits per heavy atom. The van der Waals surface area contributed by atoms with E-state index in [0.29, 0.717) is 6.17 Å². The summed E-state index contributed by atoms with van der Waals surface area (Å²) in [5.41, 5.74) is 0. The number of hydrogen-bond acceptors (Lipinski definition) is 2. The van der Waals surface area contributed by atoms with Gasteiger partial charge in [0.2, 0.25) is 0 Å². The molecule has 0 aliphatic carbocycles. The maximum absolute atomic E-state index is 2.71. The van der Waals surface area contributed by atoms with Crippen LogP contribution in [0.2, 0.25) is 0 Å². The summed E-state index contributed by atoms with van der Waals surface area (Å²) in [5.74, 6) is 0. The second-order valence-electron chi connectivity index (χ2n) is 13.2. The molecule has 2 nitrogen and oxygen atoms in total. The number of hydrogen-bond donors (Lipinski definition) is 0. The minimum Gasteiger partial charge on any atom is -0.356 e. The molecule has 0 aromatic heterocycles. The van der Waals surface area contributed by atoms with E-state index in [0.717, 1.165) is 0 Å². The first kappa shape index (κ1) is 37.4. The maximum Gasteiger partial charge on any atom is 0.101 e. The molecule has 0 N–H and O–H groups in total. The molecule has 1 aliphatic heterocycles. The van der Waals surface area contributed by atoms with E-state index in [1.54, 1.807) is 0 Å². The quantitative estimate of drug-likeness (QED) is 0.0755. The smallest absolute Gasteiger partial charge is 0.101 e. The number of nitrogens with zero attached hydrogens (tertiary/aromatic N) is 2. The predicted molar refractivity (Wildman–Crippen MR) is 182 cm³/mol. The lowest BCUT2D eigenvalue weighted by atomic mass is 10.0. The van der Waals surface area contributed by atoms with Crippen LogP contribution >= 0.6 is 0 Å². The highest BCUT2D eigenvalue weighted by Gasteiger charge is 2.24. The van der Waals surface area contributed by atoms with Crippen LogP contribution in [0.3, 0.4) is 0 Å². The van der Waals surface area contributed by atoms with Gasteiger partial charge in [0.15, 0.2) is 0 Å². The summed E-state index contributed by atoms with van der Waals surface area (Å²) in [6.07, 6.45) is 48.4. The number of rotatable bonds is 32. The van der Waals surface area contributed by atoms with E-state index in [1.165, 1.54) is 206 Å². The molecule has 0 aromatic carbocycles. The third-order valence-electron chi connectivity index (χ3n) is 9.32. The summed E-state index contributed by atoms with van der Waals surface area (Å²) in [4.78, 5) is 5.42. The fraction of sp³-hybridized carbons (Fsp3) is 0.947. The Hall–Kier alpha value is -0.660. The highest BCUT2D eigenvalue weighted by Crippen LogP contribution is 2.24. The van der Waals surface area contributed by atoms with Crippen LogP contribution in [-0.2, 0) is 0 Å². The molecule has 1 atom stereocenters. The van der Waals surface area contributed by atoms with E-state index in [2.05, 4.69) is 43.0 Å². The molecule has 238 valence electrons. The average Bonchev–Trinajstić information content (AvgIpc) is 3.35. The van der Waals surface area contributed by atoms with Gasteiger partial charge in [0.1, 0.15) is 6.17 Å². The molecule has 1 heterocycles. The average molecular weight is 561 g/mol. The van der Waals surface area contributed by atoms with Crippen molar-refractivity contribution in [2.24, 2.45) is 0 Å². The van der Waals surface area contributed by atoms with Crippen molar-refractivity contribution in [2.75, 3.05) is 13.1 Å². The van der Waals surface area contributed by atoms with Crippen LogP contribution in [-0.4, -0.2) is 29.1 Å². The van der Waals surface area contributed by atoms with E-state index in [1.807, 2.05) is 0 Å². The van der Waals surface area contributed by atoms with Gasteiger partial charge < -0.3 is 9.80 Å². The molecule has 40 heavy (non-hydrogen) atoms. The zero-order valence-electron chi connectivity index (χ0n) is 28.3. The standard InChI is InChI=1S/C38H76N2/c1-4-7-10-13-16-19-20-21-22-24-27-30-33-38-39(34-31-28-25-18-15-12-9-6-3)36-37-40(38)35-32-29-26-23-17-14-11-8-5-2/h36-38H,4-35H2,1-3H3. The molecule has 0 saturated carbocycles. The summed E-state index contributed by atoms with van der Waals surface area (Å²) in [7, 11) is 0. The summed E-state index contributed by atoms with van der Waals surface area (Å²) in [5, 5.41) is 0. The summed E-state index contributed by atoms with van der Waals surface area (Å²) in [6, 6.07) is 0. The molecule has 0 amide bonds. The molecule has 1 unspecified atom stereocenters. The number of unbranched alkanes of at least 4 members (excludes halogenated alkanes) is 26. The van der Waals surface area contributed by atoms with Crippen LogP contribution in [0.25, 0.3) is 0 Å². The van der Waals surface area contributed by atoms with Crippen molar-refractivity contribution in [3.8, 4) is 0 Å². The lowest BCUT2D eigenvalue weighted by Crippen LogP contribution is -2.39. The van der Waals surface area contributed by atoms with Gasteiger partial charge in [0, 0.05) is 25.5 Å². The van der Waals surface area contributed by atoms with Gasteiger partial charge in [-0.05, 0) is 25.7 Å². The van der Waals surface area contributed by atoms with E-state index < -0.39 is 0 Å². The van der Waals surface area contributed by atoms with Crippen molar-refractivity contribution in [1.29, 1.82) is 0 Å². The van der Waals surface area contributed by atoms with Crippen LogP contribution < -0.4 is 0 Å². The zero-order valence-corrected chi connectivity index (χ0v) is 28.3. The van der Waals surface area contributed by atoms with Crippen LogP contribution in [0.5, 0.6) is 0 Å². The molecule has 1 aliphatic rings. The fourth-order valence-electron chi connectivity index (χ4n) is 6.54. The lowest BCUT2D eigenvalue weighted by Gasteiger charge is -2.33. The Kier molecular flexibility index (Phi) is 27.9. The van der Waals surface area contributed by atoms with Gasteiger partial charge in [-0.25, -0.2) is 0 Å². The van der Waals surface area contributed by atoms with E-state index >= 15 is 0 Å². The summed E-state index contributed by atoms with van der Waals surface area (Å²) < 4.78 is 0. The summed E-state index contributed by atoms with van der Waals surface area (Å²) >= 11 is 0. The third kappa shape index (κ3) is 22.0. The molecule has 0 saturated heterocycles. The zero-order chi connectivity index (χ0) is 28.8. The Bertz CT molecular complexity index is 516. The van der Waals surface area contributed by atoms with Crippen LogP contribution in [0.15, 0.2) is 12.4 Å². The van der Waals surface area contributed by atoms with Gasteiger partial charge in [-0.15, -0.1) is 0 Å². The highest BCUT2D eigenvalue weighted by atomic mass is 15.4. The minimum atomic E-state index is 0.640. The van der Waals surface area contributed by atoms with Crippen LogP contribution in [0, 0.1) is 0 Å². The highest BCUT2D eigenvalue weighted by molar-refractivity contribution is 4.97. The van der Waals surface area contributed by atoms with Gasteiger partial charge in [-0.2, -0.15) is 0 Å². The van der Waals surface area contributed by atoms with E-state index in [-0.39, 0.29) is 0 Å². The minimum absolute atomic E-state index is 0.640. The second kappa shape index (κ2) is 29.8. The molecule has 0 aromatic rings. The first-order valence-electron chi connectivity index (χ1n) is 19.0. The van der Waals surface area contributed by atoms with E-state index in [4.69, 9.17) is 0 Å². The molecular formula is C38H76N2. The molecular weight excluding hydrogens is 484 g/mol. The van der Waals surface area contributed by atoms with Gasteiger partial charge >= 0.3 is 0 Å². The van der Waals surface area contributed by atoms with Gasteiger partial charge in [-0.3, -0.25) is 0 Å². The van der Waals surface area contributed by atoms with Crippen molar-refractivity contribution < 1.29 is 0 Å². The van der Waals surface area contributed by atoms with Crippen molar-refractivity contribution in [3.63, 3.8) is 0 Å². The molecule has 0 radical (unpaired) electrons. The topological polar surface area (TPSA) is 6.48 Å². The molecule has 2 heteroatoms. The Balaban J connectivity index is 2.23. The van der Waals surface area contributed by atoms with Crippen molar-refractivity contribution in [2.45, 2.75) is 220 Å². The van der Waals surface area contributed by atoms with Gasteiger partial charge in [0.05, 0.1) is 0 Å². The second-order valence-corrected chi connectivity index (χ2v) is 13.2. The molecule has 0 bridgehead atoms. The van der Waals surface area contributed by atoms with Crippen molar-refractivity contribution >= 4 is 0 Å². The SMILES string of the molecule is CCCCCCCCCCCCCCC1N(CCCCCCCCCC)C=CN1CCCCCCCCCCC. The fourth-order valence-corrected chi connectivity index (χ4v) is 6.54. The lowest BCUT2D eigenvalue weighted by molar-refractivity contribution is 0.135. The summed E-state index contributed by atoms with van der Waals surface area (Å²) in [6.45, 7) is 9.48. The third-order valence-corrected chi connectivity index (χ3v) is 9.32.